The first kappa shape index (κ1) is 15.9. The number of nitrogens with one attached hydrogen (secondary N) is 3. The molecule has 1 atom stereocenters. The smallest absolute Gasteiger partial charge is 0.340 e. The van der Waals surface area contributed by atoms with Gasteiger partial charge in [-0.1, -0.05) is 18.2 Å². The third kappa shape index (κ3) is 3.79. The highest BCUT2D eigenvalue weighted by molar-refractivity contribution is 5.83. The van der Waals surface area contributed by atoms with Gasteiger partial charge in [-0.15, -0.1) is 0 Å². The van der Waals surface area contributed by atoms with Crippen LogP contribution in [0.4, 0.5) is 4.39 Å². The van der Waals surface area contributed by atoms with Crippen molar-refractivity contribution in [3.63, 3.8) is 0 Å². The zero-order valence-corrected chi connectivity index (χ0v) is 12.4. The number of amides is 1. The molecule has 0 aliphatic carbocycles. The summed E-state index contributed by atoms with van der Waals surface area (Å²) < 4.78 is 13.9. The summed E-state index contributed by atoms with van der Waals surface area (Å²) >= 11 is 0. The molecule has 0 bridgehead atoms. The van der Waals surface area contributed by atoms with Crippen LogP contribution < -0.4 is 11.0 Å². The van der Waals surface area contributed by atoms with Crippen LogP contribution in [0.3, 0.4) is 0 Å². The van der Waals surface area contributed by atoms with Crippen LogP contribution in [-0.4, -0.2) is 46.6 Å². The van der Waals surface area contributed by atoms with Gasteiger partial charge in [0.2, 0.25) is 5.91 Å². The Balaban J connectivity index is 2.01. The molecule has 0 saturated heterocycles. The van der Waals surface area contributed by atoms with E-state index in [4.69, 9.17) is 0 Å². The summed E-state index contributed by atoms with van der Waals surface area (Å²) in [6.07, 6.45) is 0.377. The largest absolute Gasteiger partial charge is 0.354 e. The molecule has 0 radical (unpaired) electrons. The maximum absolute atomic E-state index is 13.9. The van der Waals surface area contributed by atoms with Crippen molar-refractivity contribution in [3.05, 3.63) is 52.0 Å². The van der Waals surface area contributed by atoms with Crippen LogP contribution in [-0.2, 0) is 11.2 Å². The van der Waals surface area contributed by atoms with Gasteiger partial charge in [0.15, 0.2) is 0 Å². The average Bonchev–Trinajstić information content (AvgIpc) is 2.86. The summed E-state index contributed by atoms with van der Waals surface area (Å²) in [5.74, 6) is -0.279. The minimum Gasteiger partial charge on any atom is -0.354 e. The second-order valence-electron chi connectivity index (χ2n) is 5.05. The maximum Gasteiger partial charge on any atom is 0.340 e. The van der Waals surface area contributed by atoms with Gasteiger partial charge in [-0.3, -0.25) is 14.7 Å². The minimum atomic E-state index is -0.723. The predicted molar refractivity (Wildman–Crippen MR) is 78.8 cm³/mol. The van der Waals surface area contributed by atoms with Crippen LogP contribution in [0.5, 0.6) is 0 Å². The fourth-order valence-electron chi connectivity index (χ4n) is 2.18. The van der Waals surface area contributed by atoms with E-state index < -0.39 is 11.9 Å². The van der Waals surface area contributed by atoms with E-state index in [0.29, 0.717) is 24.4 Å². The van der Waals surface area contributed by atoms with Crippen molar-refractivity contribution in [2.45, 2.75) is 12.5 Å². The molecule has 118 valence electrons. The topological polar surface area (TPSA) is 93.9 Å². The molecule has 1 aromatic carbocycles. The SMILES string of the molecule is CN(C)C(C(=O)NCCc1n[nH]c(=O)[nH]1)c1ccccc1F. The number of halogens is 1. The van der Waals surface area contributed by atoms with Gasteiger partial charge in [0.05, 0.1) is 0 Å². The van der Waals surface area contributed by atoms with Gasteiger partial charge in [0.25, 0.3) is 0 Å². The fraction of sp³-hybridized carbons (Fsp3) is 0.357. The van der Waals surface area contributed by atoms with Crippen molar-refractivity contribution < 1.29 is 9.18 Å². The molecular weight excluding hydrogens is 289 g/mol. The second kappa shape index (κ2) is 6.99. The Labute approximate surface area is 126 Å². The normalized spacial score (nSPS) is 12.4. The minimum absolute atomic E-state index is 0.290. The van der Waals surface area contributed by atoms with Crippen molar-refractivity contribution in [2.24, 2.45) is 0 Å². The number of aromatic amines is 2. The quantitative estimate of drug-likeness (QED) is 0.710. The van der Waals surface area contributed by atoms with Crippen LogP contribution in [0.2, 0.25) is 0 Å². The molecule has 0 spiro atoms. The summed E-state index contributed by atoms with van der Waals surface area (Å²) in [6, 6.07) is 5.46. The van der Waals surface area contributed by atoms with E-state index in [-0.39, 0.29) is 11.6 Å². The van der Waals surface area contributed by atoms with Crippen LogP contribution in [0.1, 0.15) is 17.4 Å². The first-order valence-electron chi connectivity index (χ1n) is 6.81. The average molecular weight is 307 g/mol. The van der Waals surface area contributed by atoms with Gasteiger partial charge < -0.3 is 5.32 Å². The van der Waals surface area contributed by atoms with Gasteiger partial charge >= 0.3 is 5.69 Å². The summed E-state index contributed by atoms with van der Waals surface area (Å²) in [6.45, 7) is 0.290. The van der Waals surface area contributed by atoms with Crippen LogP contribution >= 0.6 is 0 Å². The number of carbonyl (C=O) groups is 1. The number of carbonyl (C=O) groups excluding carboxylic acids is 1. The molecule has 3 N–H and O–H groups in total. The summed E-state index contributed by atoms with van der Waals surface area (Å²) in [4.78, 5) is 27.4. The first-order valence-corrected chi connectivity index (χ1v) is 6.81. The highest BCUT2D eigenvalue weighted by Gasteiger charge is 2.25. The van der Waals surface area contributed by atoms with E-state index in [1.54, 1.807) is 37.2 Å². The van der Waals surface area contributed by atoms with Gasteiger partial charge in [0.1, 0.15) is 17.7 Å². The van der Waals surface area contributed by atoms with Gasteiger partial charge in [-0.25, -0.2) is 14.3 Å². The number of likely N-dealkylation sites (N-methyl/N-ethyl adjacent to an activating group) is 1. The van der Waals surface area contributed by atoms with E-state index >= 15 is 0 Å². The van der Waals surface area contributed by atoms with Crippen molar-refractivity contribution in [3.8, 4) is 0 Å². The number of hydrogen-bond donors (Lipinski definition) is 3. The Kier molecular flexibility index (Phi) is 5.05. The predicted octanol–water partition coefficient (Wildman–Crippen LogP) is 0.199. The van der Waals surface area contributed by atoms with Crippen molar-refractivity contribution in [1.82, 2.24) is 25.4 Å². The molecule has 2 aromatic rings. The van der Waals surface area contributed by atoms with Crippen LogP contribution in [0, 0.1) is 5.82 Å². The lowest BCUT2D eigenvalue weighted by molar-refractivity contribution is -0.125. The lowest BCUT2D eigenvalue weighted by Gasteiger charge is -2.24. The third-order valence-corrected chi connectivity index (χ3v) is 3.18. The molecule has 1 unspecified atom stereocenters. The highest BCUT2D eigenvalue weighted by atomic mass is 19.1. The number of benzene rings is 1. The molecule has 7 nitrogen and oxygen atoms in total. The lowest BCUT2D eigenvalue weighted by Crippen LogP contribution is -2.38. The fourth-order valence-corrected chi connectivity index (χ4v) is 2.18. The molecule has 0 saturated carbocycles. The Morgan fingerprint density at radius 1 is 1.41 bits per heavy atom. The Morgan fingerprint density at radius 3 is 2.73 bits per heavy atom. The van der Waals surface area contributed by atoms with Crippen molar-refractivity contribution >= 4 is 5.91 Å². The molecule has 1 heterocycles. The highest BCUT2D eigenvalue weighted by Crippen LogP contribution is 2.21. The van der Waals surface area contributed by atoms with E-state index in [0.717, 1.165) is 0 Å². The maximum atomic E-state index is 13.9. The first-order chi connectivity index (χ1) is 10.5. The summed E-state index contributed by atoms with van der Waals surface area (Å²) in [5.41, 5.74) is -0.0722. The summed E-state index contributed by atoms with van der Waals surface area (Å²) in [7, 11) is 3.42. The van der Waals surface area contributed by atoms with E-state index in [1.807, 2.05) is 0 Å². The molecular formula is C14H18FN5O2. The van der Waals surface area contributed by atoms with E-state index in [2.05, 4.69) is 20.5 Å². The zero-order valence-electron chi connectivity index (χ0n) is 12.4. The van der Waals surface area contributed by atoms with Crippen molar-refractivity contribution in [2.75, 3.05) is 20.6 Å². The lowest BCUT2D eigenvalue weighted by atomic mass is 10.0. The molecule has 2 rings (SSSR count). The number of nitrogens with zero attached hydrogens (tertiary/aromatic N) is 2. The molecule has 0 aliphatic rings. The number of aromatic nitrogens is 3. The Hall–Kier alpha value is -2.48. The van der Waals surface area contributed by atoms with Crippen LogP contribution in [0.25, 0.3) is 0 Å². The van der Waals surface area contributed by atoms with Crippen molar-refractivity contribution in [1.29, 1.82) is 0 Å². The Morgan fingerprint density at radius 2 is 2.14 bits per heavy atom. The third-order valence-electron chi connectivity index (χ3n) is 3.18. The van der Waals surface area contributed by atoms with E-state index in [9.17, 15) is 14.0 Å². The van der Waals surface area contributed by atoms with Crippen LogP contribution in [0.15, 0.2) is 29.1 Å². The van der Waals surface area contributed by atoms with Gasteiger partial charge in [-0.2, -0.15) is 5.10 Å². The number of H-pyrrole nitrogens is 2. The number of rotatable bonds is 6. The molecule has 1 aromatic heterocycles. The van der Waals surface area contributed by atoms with Gasteiger partial charge in [0, 0.05) is 18.5 Å². The monoisotopic (exact) mass is 307 g/mol. The molecule has 0 fully saturated rings. The molecule has 22 heavy (non-hydrogen) atoms. The van der Waals surface area contributed by atoms with E-state index in [1.165, 1.54) is 6.07 Å². The zero-order chi connectivity index (χ0) is 16.1. The summed E-state index contributed by atoms with van der Waals surface area (Å²) in [5, 5.41) is 8.72. The molecule has 8 heteroatoms. The molecule has 0 aliphatic heterocycles. The Bertz CT molecular complexity index is 694. The van der Waals surface area contributed by atoms with Gasteiger partial charge in [-0.05, 0) is 20.2 Å². The molecule has 1 amide bonds. The second-order valence-corrected chi connectivity index (χ2v) is 5.05. The standard InChI is InChI=1S/C14H18FN5O2/c1-20(2)12(9-5-3-4-6-10(9)15)13(21)16-8-7-11-17-14(22)19-18-11/h3-6,12H,7-8H2,1-2H3,(H,16,21)(H2,17,18,19,22). The number of hydrogen-bond acceptors (Lipinski definition) is 4.